The summed E-state index contributed by atoms with van der Waals surface area (Å²) in [5.41, 5.74) is 4.23. The minimum Gasteiger partial charge on any atom is -0.369 e. The Hall–Kier alpha value is -1.02. The van der Waals surface area contributed by atoms with E-state index in [1.54, 1.807) is 0 Å². The molecule has 1 saturated carbocycles. The maximum Gasteiger partial charge on any atom is 0.0414 e. The fraction of sp³-hybridized carbons (Fsp3) is 0.600. The zero-order chi connectivity index (χ0) is 12.3. The summed E-state index contributed by atoms with van der Waals surface area (Å²) in [7, 11) is 0. The minimum atomic E-state index is 0.795. The van der Waals surface area contributed by atoms with Crippen LogP contribution in [0.4, 0.5) is 5.69 Å². The van der Waals surface area contributed by atoms with E-state index in [1.165, 1.54) is 29.7 Å². The molecule has 1 aromatic carbocycles. The van der Waals surface area contributed by atoms with Crippen molar-refractivity contribution in [3.05, 3.63) is 29.3 Å². The highest BCUT2D eigenvalue weighted by molar-refractivity contribution is 5.56. The number of anilines is 1. The van der Waals surface area contributed by atoms with Crippen molar-refractivity contribution < 1.29 is 0 Å². The molecule has 0 aliphatic heterocycles. The van der Waals surface area contributed by atoms with Gasteiger partial charge in [0.05, 0.1) is 0 Å². The Morgan fingerprint density at radius 3 is 2.65 bits per heavy atom. The van der Waals surface area contributed by atoms with Crippen LogP contribution < -0.4 is 10.2 Å². The van der Waals surface area contributed by atoms with Gasteiger partial charge in [-0.3, -0.25) is 0 Å². The molecular weight excluding hydrogens is 208 g/mol. The molecule has 0 aromatic heterocycles. The summed E-state index contributed by atoms with van der Waals surface area (Å²) in [5.74, 6) is 0. The maximum atomic E-state index is 3.44. The molecule has 0 unspecified atom stereocenters. The second kappa shape index (κ2) is 5.54. The first-order chi connectivity index (χ1) is 8.26. The molecule has 1 aromatic rings. The fourth-order valence-electron chi connectivity index (χ4n) is 2.41. The van der Waals surface area contributed by atoms with E-state index in [0.29, 0.717) is 0 Å². The normalized spacial score (nSPS) is 15.0. The van der Waals surface area contributed by atoms with E-state index in [9.17, 15) is 0 Å². The summed E-state index contributed by atoms with van der Waals surface area (Å²) in [5, 5.41) is 3.44. The van der Waals surface area contributed by atoms with Crippen molar-refractivity contribution in [3.8, 4) is 0 Å². The third-order valence-corrected chi connectivity index (χ3v) is 3.44. The van der Waals surface area contributed by atoms with Gasteiger partial charge < -0.3 is 10.2 Å². The molecule has 0 amide bonds. The molecule has 1 aliphatic rings. The molecule has 0 bridgehead atoms. The number of hydrogen-bond donors (Lipinski definition) is 1. The van der Waals surface area contributed by atoms with Gasteiger partial charge in [-0.2, -0.15) is 0 Å². The Labute approximate surface area is 105 Å². The number of nitrogens with zero attached hydrogens (tertiary/aromatic N) is 1. The second-order valence-corrected chi connectivity index (χ2v) is 4.93. The quantitative estimate of drug-likeness (QED) is 0.811. The number of benzene rings is 1. The zero-order valence-electron chi connectivity index (χ0n) is 11.3. The molecule has 2 nitrogen and oxygen atoms in total. The third-order valence-electron chi connectivity index (χ3n) is 3.44. The second-order valence-electron chi connectivity index (χ2n) is 4.93. The van der Waals surface area contributed by atoms with E-state index in [4.69, 9.17) is 0 Å². The lowest BCUT2D eigenvalue weighted by molar-refractivity contribution is 0.718. The molecule has 2 heteroatoms. The predicted molar refractivity (Wildman–Crippen MR) is 74.6 cm³/mol. The topological polar surface area (TPSA) is 15.3 Å². The molecule has 1 N–H and O–H groups in total. The van der Waals surface area contributed by atoms with Crippen LogP contribution in [0.15, 0.2) is 18.2 Å². The summed E-state index contributed by atoms with van der Waals surface area (Å²) >= 11 is 0. The first-order valence-electron chi connectivity index (χ1n) is 6.83. The van der Waals surface area contributed by atoms with Crippen molar-refractivity contribution in [2.24, 2.45) is 0 Å². The molecule has 1 fully saturated rings. The molecule has 0 atom stereocenters. The highest BCUT2D eigenvalue weighted by atomic mass is 15.2. The van der Waals surface area contributed by atoms with Gasteiger partial charge in [-0.05, 0) is 44.9 Å². The van der Waals surface area contributed by atoms with Crippen molar-refractivity contribution in [3.63, 3.8) is 0 Å². The highest BCUT2D eigenvalue weighted by Gasteiger charge is 2.29. The van der Waals surface area contributed by atoms with Crippen LogP contribution in [0.1, 0.15) is 37.8 Å². The van der Waals surface area contributed by atoms with Gasteiger partial charge in [0.2, 0.25) is 0 Å². The summed E-state index contributed by atoms with van der Waals surface area (Å²) in [4.78, 5) is 2.56. The van der Waals surface area contributed by atoms with Gasteiger partial charge >= 0.3 is 0 Å². The van der Waals surface area contributed by atoms with Crippen LogP contribution in [0.3, 0.4) is 0 Å². The van der Waals surface area contributed by atoms with Crippen LogP contribution in [0, 0.1) is 6.92 Å². The van der Waals surface area contributed by atoms with E-state index in [-0.39, 0.29) is 0 Å². The molecule has 17 heavy (non-hydrogen) atoms. The summed E-state index contributed by atoms with van der Waals surface area (Å²) < 4.78 is 0. The number of rotatable bonds is 6. The molecule has 0 radical (unpaired) electrons. The van der Waals surface area contributed by atoms with Crippen molar-refractivity contribution in [1.82, 2.24) is 5.32 Å². The highest BCUT2D eigenvalue weighted by Crippen LogP contribution is 2.33. The Kier molecular flexibility index (Phi) is 4.06. The number of nitrogens with one attached hydrogen (secondary N) is 1. The van der Waals surface area contributed by atoms with Crippen molar-refractivity contribution in [2.75, 3.05) is 18.0 Å². The van der Waals surface area contributed by atoms with Crippen LogP contribution in [0.2, 0.25) is 0 Å². The Morgan fingerprint density at radius 2 is 2.06 bits per heavy atom. The first-order valence-corrected chi connectivity index (χ1v) is 6.83. The smallest absolute Gasteiger partial charge is 0.0414 e. The molecule has 0 heterocycles. The minimum absolute atomic E-state index is 0.795. The average molecular weight is 232 g/mol. The molecule has 0 spiro atoms. The third kappa shape index (κ3) is 3.01. The SMILES string of the molecule is CCNCc1cc(C)ccc1N(CC)C1CC1. The van der Waals surface area contributed by atoms with Crippen LogP contribution in [-0.4, -0.2) is 19.1 Å². The van der Waals surface area contributed by atoms with Gasteiger partial charge in [0.25, 0.3) is 0 Å². The van der Waals surface area contributed by atoms with Gasteiger partial charge in [0, 0.05) is 24.8 Å². The lowest BCUT2D eigenvalue weighted by Gasteiger charge is -2.26. The molecule has 1 aliphatic carbocycles. The maximum absolute atomic E-state index is 3.44. The van der Waals surface area contributed by atoms with Crippen molar-refractivity contribution in [2.45, 2.75) is 46.2 Å². The van der Waals surface area contributed by atoms with Gasteiger partial charge in [0.1, 0.15) is 0 Å². The lowest BCUT2D eigenvalue weighted by Crippen LogP contribution is -2.27. The van der Waals surface area contributed by atoms with Gasteiger partial charge in [-0.15, -0.1) is 0 Å². The van der Waals surface area contributed by atoms with Crippen LogP contribution in [0.5, 0.6) is 0 Å². The molecular formula is C15H24N2. The fourth-order valence-corrected chi connectivity index (χ4v) is 2.41. The van der Waals surface area contributed by atoms with Crippen molar-refractivity contribution in [1.29, 1.82) is 0 Å². The van der Waals surface area contributed by atoms with Crippen LogP contribution >= 0.6 is 0 Å². The van der Waals surface area contributed by atoms with E-state index in [0.717, 1.165) is 25.7 Å². The molecule has 2 rings (SSSR count). The Balaban J connectivity index is 2.23. The first kappa shape index (κ1) is 12.4. The van der Waals surface area contributed by atoms with Gasteiger partial charge in [-0.1, -0.05) is 24.6 Å². The van der Waals surface area contributed by atoms with Crippen molar-refractivity contribution >= 4 is 5.69 Å². The van der Waals surface area contributed by atoms with Gasteiger partial charge in [-0.25, -0.2) is 0 Å². The van der Waals surface area contributed by atoms with E-state index < -0.39 is 0 Å². The monoisotopic (exact) mass is 232 g/mol. The van der Waals surface area contributed by atoms with Crippen LogP contribution in [0.25, 0.3) is 0 Å². The predicted octanol–water partition coefficient (Wildman–Crippen LogP) is 3.09. The number of aryl methyl sites for hydroxylation is 1. The largest absolute Gasteiger partial charge is 0.369 e. The molecule has 94 valence electrons. The number of hydrogen-bond acceptors (Lipinski definition) is 2. The summed E-state index contributed by atoms with van der Waals surface area (Å²) in [6.07, 6.45) is 2.73. The summed E-state index contributed by atoms with van der Waals surface area (Å²) in [6.45, 7) is 9.72. The Morgan fingerprint density at radius 1 is 1.29 bits per heavy atom. The van der Waals surface area contributed by atoms with E-state index >= 15 is 0 Å². The van der Waals surface area contributed by atoms with E-state index in [2.05, 4.69) is 49.2 Å². The zero-order valence-corrected chi connectivity index (χ0v) is 11.3. The molecule has 0 saturated heterocycles. The van der Waals surface area contributed by atoms with Gasteiger partial charge in [0.15, 0.2) is 0 Å². The summed E-state index contributed by atoms with van der Waals surface area (Å²) in [6, 6.07) is 7.64. The standard InChI is InChI=1S/C15H24N2/c1-4-16-11-13-10-12(3)6-9-15(13)17(5-2)14-7-8-14/h6,9-10,14,16H,4-5,7-8,11H2,1-3H3. The Bertz CT molecular complexity index is 369. The lowest BCUT2D eigenvalue weighted by atomic mass is 10.1. The van der Waals surface area contributed by atoms with Crippen LogP contribution in [-0.2, 0) is 6.54 Å². The average Bonchev–Trinajstić information content (AvgIpc) is 3.14. The van der Waals surface area contributed by atoms with E-state index in [1.807, 2.05) is 0 Å².